The minimum Gasteiger partial charge on any atom is -0.462 e. The van der Waals surface area contributed by atoms with Crippen molar-refractivity contribution in [2.24, 2.45) is 5.92 Å². The Kier molecular flexibility index (Phi) is 10.3. The molecule has 258 valence electrons. The Bertz CT molecular complexity index is 1640. The van der Waals surface area contributed by atoms with Gasteiger partial charge in [-0.3, -0.25) is 14.9 Å². The third-order valence-corrected chi connectivity index (χ3v) is 10.1. The fraction of sp³-hybridized carbons (Fsp3) is 0.472. The zero-order chi connectivity index (χ0) is 35.0. The minimum atomic E-state index is -1.54. The second kappa shape index (κ2) is 13.9. The zero-order valence-electron chi connectivity index (χ0n) is 28.1. The Balaban J connectivity index is 1.53. The van der Waals surface area contributed by atoms with Crippen LogP contribution in [0.5, 0.6) is 0 Å². The Labute approximate surface area is 286 Å². The molecule has 3 aliphatic heterocycles. The summed E-state index contributed by atoms with van der Waals surface area (Å²) < 4.78 is 23.6. The first-order valence-corrected chi connectivity index (χ1v) is 16.4. The normalized spacial score (nSPS) is 32.7. The number of anilines is 3. The van der Waals surface area contributed by atoms with E-state index in [-0.39, 0.29) is 25.2 Å². The molecule has 7 atom stereocenters. The van der Waals surface area contributed by atoms with Crippen LogP contribution in [0.4, 0.5) is 21.9 Å². The van der Waals surface area contributed by atoms with Gasteiger partial charge in [0.2, 0.25) is 5.91 Å². The zero-order valence-corrected chi connectivity index (χ0v) is 28.9. The summed E-state index contributed by atoms with van der Waals surface area (Å²) in [5.41, 5.74) is 7.31. The highest BCUT2D eigenvalue weighted by atomic mass is 35.5. The molecule has 48 heavy (non-hydrogen) atoms. The standard InChI is InChI=1S/C36H44ClN3O8/c1-20-10-9-13-28(45-6)36(44)18-27(46-31(42)19-36)22(3)33-35(4,48-33)29(47-34(43)39-25-12-8-7-11-24(25)38)17-30(41)40(5)26-16-23(14-20)15-21(2)32(26)37/h7-13,15-16,22,27-29,33,44H,14,17-19,38H2,1-6H3,(H,39,43)/b13-9+,20-10+/t22-,27+,28-,29+,33+,35+,36-/m1/s1. The van der Waals surface area contributed by atoms with E-state index in [4.69, 9.17) is 36.3 Å². The second-order valence-corrected chi connectivity index (χ2v) is 13.7. The molecule has 5 rings (SSSR count). The third kappa shape index (κ3) is 7.39. The van der Waals surface area contributed by atoms with E-state index in [0.29, 0.717) is 28.5 Å². The molecule has 2 fully saturated rings. The lowest BCUT2D eigenvalue weighted by Gasteiger charge is -2.41. The number of ether oxygens (including phenoxy) is 4. The van der Waals surface area contributed by atoms with Crippen molar-refractivity contribution in [1.82, 2.24) is 0 Å². The second-order valence-electron chi connectivity index (χ2n) is 13.3. The van der Waals surface area contributed by atoms with Gasteiger partial charge in [0.1, 0.15) is 29.5 Å². The summed E-state index contributed by atoms with van der Waals surface area (Å²) in [6.45, 7) is 7.45. The summed E-state index contributed by atoms with van der Waals surface area (Å²) in [6.07, 6.45) is 1.63. The molecule has 4 bridgehead atoms. The highest BCUT2D eigenvalue weighted by Gasteiger charge is 2.64. The number of carbonyl (C=O) groups excluding carboxylic acids is 3. The Morgan fingerprint density at radius 1 is 1.21 bits per heavy atom. The molecule has 0 aromatic heterocycles. The van der Waals surface area contributed by atoms with Gasteiger partial charge in [-0.2, -0.15) is 0 Å². The number of fused-ring (bicyclic) bond motifs is 5. The van der Waals surface area contributed by atoms with Crippen LogP contribution >= 0.6 is 11.6 Å². The van der Waals surface area contributed by atoms with Crippen molar-refractivity contribution in [3.63, 3.8) is 0 Å². The molecule has 11 nitrogen and oxygen atoms in total. The van der Waals surface area contributed by atoms with Gasteiger partial charge in [-0.1, -0.05) is 60.5 Å². The van der Waals surface area contributed by atoms with Crippen LogP contribution in [0.15, 0.2) is 60.2 Å². The molecule has 2 amide bonds. The number of aliphatic hydroxyl groups is 1. The number of carbonyl (C=O) groups is 3. The highest BCUT2D eigenvalue weighted by molar-refractivity contribution is 6.34. The van der Waals surface area contributed by atoms with Crippen molar-refractivity contribution in [1.29, 1.82) is 0 Å². The molecule has 4 N–H and O–H groups in total. The number of benzene rings is 2. The number of esters is 1. The predicted octanol–water partition coefficient (Wildman–Crippen LogP) is 5.50. The van der Waals surface area contributed by atoms with Crippen molar-refractivity contribution in [2.75, 3.05) is 30.1 Å². The Morgan fingerprint density at radius 3 is 2.65 bits per heavy atom. The summed E-state index contributed by atoms with van der Waals surface area (Å²) in [5.74, 6) is -1.37. The molecular formula is C36H44ClN3O8. The van der Waals surface area contributed by atoms with Gasteiger partial charge in [0.05, 0.1) is 41.0 Å². The number of para-hydroxylation sites is 2. The van der Waals surface area contributed by atoms with Crippen molar-refractivity contribution < 1.29 is 38.4 Å². The van der Waals surface area contributed by atoms with E-state index in [0.717, 1.165) is 16.7 Å². The Hall–Kier alpha value is -3.90. The molecule has 3 aliphatic rings. The number of epoxide rings is 1. The lowest BCUT2D eigenvalue weighted by atomic mass is 9.78. The molecule has 12 heteroatoms. The third-order valence-electron chi connectivity index (χ3n) is 9.65. The van der Waals surface area contributed by atoms with E-state index >= 15 is 0 Å². The van der Waals surface area contributed by atoms with Crippen LogP contribution in [0.2, 0.25) is 5.02 Å². The topological polar surface area (TPSA) is 153 Å². The number of halogens is 1. The van der Waals surface area contributed by atoms with Crippen LogP contribution < -0.4 is 16.0 Å². The van der Waals surface area contributed by atoms with Gasteiger partial charge in [0.25, 0.3) is 0 Å². The summed E-state index contributed by atoms with van der Waals surface area (Å²) in [4.78, 5) is 41.5. The first-order chi connectivity index (χ1) is 22.6. The number of hydrogen-bond acceptors (Lipinski definition) is 9. The lowest BCUT2D eigenvalue weighted by molar-refractivity contribution is -0.187. The molecule has 0 spiro atoms. The molecule has 3 heterocycles. The largest absolute Gasteiger partial charge is 0.462 e. The van der Waals surface area contributed by atoms with Crippen LogP contribution in [-0.2, 0) is 35.0 Å². The van der Waals surface area contributed by atoms with Gasteiger partial charge < -0.3 is 34.7 Å². The molecule has 0 aliphatic carbocycles. The minimum absolute atomic E-state index is 0.0892. The van der Waals surface area contributed by atoms with E-state index < -0.39 is 53.6 Å². The van der Waals surface area contributed by atoms with Crippen molar-refractivity contribution in [3.05, 3.63) is 76.3 Å². The average Bonchev–Trinajstić information content (AvgIpc) is 3.72. The van der Waals surface area contributed by atoms with Gasteiger partial charge in [0.15, 0.2) is 0 Å². The average molecular weight is 682 g/mol. The van der Waals surface area contributed by atoms with Crippen LogP contribution in [-0.4, -0.2) is 72.9 Å². The van der Waals surface area contributed by atoms with Gasteiger partial charge in [-0.15, -0.1) is 0 Å². The molecule has 0 saturated carbocycles. The highest BCUT2D eigenvalue weighted by Crippen LogP contribution is 2.49. The van der Waals surface area contributed by atoms with Gasteiger partial charge >= 0.3 is 12.1 Å². The van der Waals surface area contributed by atoms with E-state index in [9.17, 15) is 19.5 Å². The molecular weight excluding hydrogens is 638 g/mol. The fourth-order valence-electron chi connectivity index (χ4n) is 6.78. The number of nitrogen functional groups attached to an aromatic ring is 1. The van der Waals surface area contributed by atoms with E-state index in [2.05, 4.69) is 5.32 Å². The molecule has 0 unspecified atom stereocenters. The maximum Gasteiger partial charge on any atom is 0.412 e. The maximum atomic E-state index is 13.9. The molecule has 0 radical (unpaired) electrons. The first-order valence-electron chi connectivity index (χ1n) is 16.0. The van der Waals surface area contributed by atoms with Crippen LogP contribution in [0.25, 0.3) is 0 Å². The van der Waals surface area contributed by atoms with Crippen LogP contribution in [0.3, 0.4) is 0 Å². The summed E-state index contributed by atoms with van der Waals surface area (Å²) in [7, 11) is 3.12. The van der Waals surface area contributed by atoms with Crippen molar-refractivity contribution in [3.8, 4) is 0 Å². The number of allylic oxidation sites excluding steroid dienone is 3. The predicted molar refractivity (Wildman–Crippen MR) is 183 cm³/mol. The monoisotopic (exact) mass is 681 g/mol. The number of rotatable bonds is 3. The first kappa shape index (κ1) is 35.4. The van der Waals surface area contributed by atoms with Gasteiger partial charge in [0, 0.05) is 26.5 Å². The molecule has 2 saturated heterocycles. The molecule has 2 aromatic carbocycles. The van der Waals surface area contributed by atoms with E-state index in [1.165, 1.54) is 12.0 Å². The van der Waals surface area contributed by atoms with Crippen molar-refractivity contribution in [2.45, 2.75) is 89.0 Å². The van der Waals surface area contributed by atoms with Crippen LogP contribution in [0, 0.1) is 12.8 Å². The van der Waals surface area contributed by atoms with Crippen LogP contribution in [0.1, 0.15) is 51.2 Å². The summed E-state index contributed by atoms with van der Waals surface area (Å²) in [5, 5.41) is 14.9. The summed E-state index contributed by atoms with van der Waals surface area (Å²) >= 11 is 6.74. The van der Waals surface area contributed by atoms with Crippen molar-refractivity contribution >= 4 is 46.6 Å². The van der Waals surface area contributed by atoms with Gasteiger partial charge in [-0.25, -0.2) is 4.79 Å². The smallest absolute Gasteiger partial charge is 0.412 e. The quantitative estimate of drug-likeness (QED) is 0.216. The lowest BCUT2D eigenvalue weighted by Crippen LogP contribution is -2.53. The molecule has 2 aromatic rings. The number of nitrogens with one attached hydrogen (secondary N) is 1. The van der Waals surface area contributed by atoms with E-state index in [1.807, 2.05) is 45.1 Å². The SMILES string of the molecule is CO[C@@H]1/C=C/C=C(\C)Cc2cc(C)c(Cl)c(c2)N(C)C(=O)C[C@H](OC(=O)Nc2ccccc2N)[C@]2(C)O[C@H]2[C@H](C)[C@@H]2C[C@@]1(O)CC(=O)O2. The van der Waals surface area contributed by atoms with E-state index in [1.54, 1.807) is 44.3 Å². The summed E-state index contributed by atoms with van der Waals surface area (Å²) in [6, 6.07) is 10.6. The number of methoxy groups -OCH3 is 1. The number of amides is 2. The Morgan fingerprint density at radius 2 is 1.94 bits per heavy atom. The number of nitrogens with zero attached hydrogens (tertiary/aromatic N) is 1. The number of nitrogens with two attached hydrogens (primary N) is 1. The maximum absolute atomic E-state index is 13.9. The van der Waals surface area contributed by atoms with Gasteiger partial charge in [-0.05, 0) is 56.5 Å². The number of hydrogen-bond donors (Lipinski definition) is 3. The fourth-order valence-corrected chi connectivity index (χ4v) is 7.01. The number of aryl methyl sites for hydroxylation is 1.